The lowest BCUT2D eigenvalue weighted by Gasteiger charge is -2.22. The summed E-state index contributed by atoms with van der Waals surface area (Å²) in [6.45, 7) is -0.279. The van der Waals surface area contributed by atoms with Crippen molar-refractivity contribution in [3.05, 3.63) is 0 Å². The average Bonchev–Trinajstić information content (AvgIpc) is 1.81. The van der Waals surface area contributed by atoms with Gasteiger partial charge < -0.3 is 14.8 Å². The average molecular weight is 172 g/mol. The van der Waals surface area contributed by atoms with Crippen molar-refractivity contribution in [1.82, 2.24) is 5.32 Å². The number of nitrogens with one attached hydrogen (secondary N) is 2. The van der Waals surface area contributed by atoms with Crippen LogP contribution in [0.1, 0.15) is 0 Å². The van der Waals surface area contributed by atoms with E-state index in [2.05, 4.69) is 5.32 Å². The third kappa shape index (κ3) is 2.31. The number of carboxylic acid groups (broad SMARTS) is 1. The van der Waals surface area contributed by atoms with Crippen LogP contribution < -0.4 is 15.3 Å². The Morgan fingerprint density at radius 1 is 1.42 bits per heavy atom. The molecule has 0 aromatic carbocycles. The van der Waals surface area contributed by atoms with Gasteiger partial charge >= 0.3 is 0 Å². The van der Waals surface area contributed by atoms with Crippen molar-refractivity contribution in [3.63, 3.8) is 0 Å². The van der Waals surface area contributed by atoms with Crippen LogP contribution in [-0.4, -0.2) is 37.4 Å². The first-order valence-electron chi connectivity index (χ1n) is 3.44. The number of carbonyl (C=O) groups excluding carboxylic acids is 3. The second-order valence-corrected chi connectivity index (χ2v) is 2.62. The largest absolute Gasteiger partial charge is 0.544 e. The third-order valence-corrected chi connectivity index (χ3v) is 1.49. The minimum absolute atomic E-state index is 0.0136. The van der Waals surface area contributed by atoms with E-state index in [0.29, 0.717) is 4.90 Å². The molecule has 0 aromatic rings. The van der Waals surface area contributed by atoms with Gasteiger partial charge in [0.15, 0.2) is 13.1 Å². The zero-order valence-corrected chi connectivity index (χ0v) is 6.25. The molecule has 1 heterocycles. The molecule has 6 heteroatoms. The summed E-state index contributed by atoms with van der Waals surface area (Å²) in [5, 5.41) is 12.2. The summed E-state index contributed by atoms with van der Waals surface area (Å²) in [4.78, 5) is 31.9. The summed E-state index contributed by atoms with van der Waals surface area (Å²) >= 11 is 0. The van der Waals surface area contributed by atoms with Crippen LogP contribution in [0.25, 0.3) is 0 Å². The molecule has 1 fully saturated rings. The zero-order chi connectivity index (χ0) is 9.14. The molecule has 0 radical (unpaired) electrons. The van der Waals surface area contributed by atoms with E-state index < -0.39 is 17.8 Å². The fourth-order valence-corrected chi connectivity index (χ4v) is 1.09. The van der Waals surface area contributed by atoms with E-state index >= 15 is 0 Å². The molecule has 0 spiro atoms. The summed E-state index contributed by atoms with van der Waals surface area (Å²) in [5.74, 6) is -2.14. The molecule has 0 aliphatic carbocycles. The number of piperazine rings is 1. The Morgan fingerprint density at radius 3 is 2.33 bits per heavy atom. The molecule has 2 N–H and O–H groups in total. The van der Waals surface area contributed by atoms with Crippen LogP contribution in [0.5, 0.6) is 0 Å². The molecule has 66 valence electrons. The number of hydrogen-bond donors (Lipinski definition) is 2. The highest BCUT2D eigenvalue weighted by Gasteiger charge is 2.25. The van der Waals surface area contributed by atoms with Crippen molar-refractivity contribution < 1.29 is 24.4 Å². The van der Waals surface area contributed by atoms with E-state index in [1.54, 1.807) is 0 Å². The number of carbonyl (C=O) groups is 3. The highest BCUT2D eigenvalue weighted by molar-refractivity contribution is 5.97. The van der Waals surface area contributed by atoms with Gasteiger partial charge in [-0.25, -0.2) is 0 Å². The predicted octanol–water partition coefficient (Wildman–Crippen LogP) is -4.72. The second-order valence-electron chi connectivity index (χ2n) is 2.62. The van der Waals surface area contributed by atoms with Crippen molar-refractivity contribution >= 4 is 17.8 Å². The first-order valence-corrected chi connectivity index (χ1v) is 3.44. The number of rotatable bonds is 2. The molecule has 1 saturated heterocycles. The summed E-state index contributed by atoms with van der Waals surface area (Å²) in [6.07, 6.45) is 0. The van der Waals surface area contributed by atoms with Gasteiger partial charge in [0.1, 0.15) is 6.54 Å². The summed E-state index contributed by atoms with van der Waals surface area (Å²) in [6, 6.07) is 0. The van der Waals surface area contributed by atoms with Gasteiger partial charge in [0.25, 0.3) is 11.8 Å². The molecular formula is C6H8N2O4. The Bertz CT molecular complexity index is 219. The van der Waals surface area contributed by atoms with E-state index in [-0.39, 0.29) is 19.6 Å². The number of amides is 2. The molecule has 0 saturated carbocycles. The van der Waals surface area contributed by atoms with E-state index in [1.165, 1.54) is 0 Å². The van der Waals surface area contributed by atoms with Gasteiger partial charge in [-0.1, -0.05) is 0 Å². The zero-order valence-electron chi connectivity index (χ0n) is 6.25. The molecule has 1 aliphatic heterocycles. The van der Waals surface area contributed by atoms with Crippen LogP contribution in [0.15, 0.2) is 0 Å². The molecule has 0 unspecified atom stereocenters. The topological polar surface area (TPSA) is 90.7 Å². The van der Waals surface area contributed by atoms with Gasteiger partial charge in [-0.15, -0.1) is 0 Å². The normalized spacial score (nSPS) is 19.0. The van der Waals surface area contributed by atoms with Crippen LogP contribution in [-0.2, 0) is 14.4 Å². The molecule has 0 atom stereocenters. The highest BCUT2D eigenvalue weighted by Crippen LogP contribution is 1.69. The van der Waals surface area contributed by atoms with Gasteiger partial charge in [-0.05, 0) is 0 Å². The quantitative estimate of drug-likeness (QED) is 0.409. The number of hydrogen-bond acceptors (Lipinski definition) is 4. The van der Waals surface area contributed by atoms with Gasteiger partial charge in [0, 0.05) is 0 Å². The maximum absolute atomic E-state index is 10.7. The number of imide groups is 1. The number of quaternary nitrogens is 1. The molecule has 1 aliphatic rings. The van der Waals surface area contributed by atoms with E-state index in [4.69, 9.17) is 0 Å². The highest BCUT2D eigenvalue weighted by atomic mass is 16.4. The fourth-order valence-electron chi connectivity index (χ4n) is 1.09. The van der Waals surface area contributed by atoms with Crippen molar-refractivity contribution in [1.29, 1.82) is 0 Å². The lowest BCUT2D eigenvalue weighted by atomic mass is 10.3. The molecule has 0 bridgehead atoms. The van der Waals surface area contributed by atoms with Crippen LogP contribution in [0.4, 0.5) is 0 Å². The van der Waals surface area contributed by atoms with Gasteiger partial charge in [-0.2, -0.15) is 0 Å². The molecule has 2 amide bonds. The van der Waals surface area contributed by atoms with Crippen molar-refractivity contribution in [2.24, 2.45) is 0 Å². The summed E-state index contributed by atoms with van der Waals surface area (Å²) < 4.78 is 0. The van der Waals surface area contributed by atoms with E-state index in [1.807, 2.05) is 0 Å². The van der Waals surface area contributed by atoms with Crippen LogP contribution >= 0.6 is 0 Å². The van der Waals surface area contributed by atoms with Crippen LogP contribution in [0.2, 0.25) is 0 Å². The number of aliphatic carboxylic acids is 1. The summed E-state index contributed by atoms with van der Waals surface area (Å²) in [5.41, 5.74) is 0. The van der Waals surface area contributed by atoms with Crippen LogP contribution in [0, 0.1) is 0 Å². The molecular weight excluding hydrogens is 164 g/mol. The fraction of sp³-hybridized carbons (Fsp3) is 0.500. The Kier molecular flexibility index (Phi) is 2.39. The SMILES string of the molecule is O=C([O-])C[NH+]1CC(=O)NC(=O)C1. The van der Waals surface area contributed by atoms with Crippen molar-refractivity contribution in [3.8, 4) is 0 Å². The standard InChI is InChI=1S/C6H8N2O4/c9-4-1-8(3-6(11)12)2-5(10)7-4/h1-3H2,(H,11,12)(H,7,9,10). The minimum atomic E-state index is -1.26. The Balaban J connectivity index is 2.49. The third-order valence-electron chi connectivity index (χ3n) is 1.49. The Morgan fingerprint density at radius 2 is 1.92 bits per heavy atom. The van der Waals surface area contributed by atoms with E-state index in [9.17, 15) is 19.5 Å². The molecule has 6 nitrogen and oxygen atoms in total. The lowest BCUT2D eigenvalue weighted by molar-refractivity contribution is -0.879. The smallest absolute Gasteiger partial charge is 0.281 e. The van der Waals surface area contributed by atoms with Gasteiger partial charge in [-0.3, -0.25) is 14.9 Å². The molecule has 1 rings (SSSR count). The molecule has 0 aromatic heterocycles. The maximum atomic E-state index is 10.7. The lowest BCUT2D eigenvalue weighted by Crippen LogP contribution is -3.17. The van der Waals surface area contributed by atoms with Gasteiger partial charge in [0.2, 0.25) is 0 Å². The predicted molar refractivity (Wildman–Crippen MR) is 33.7 cm³/mol. The van der Waals surface area contributed by atoms with Crippen molar-refractivity contribution in [2.75, 3.05) is 19.6 Å². The molecule has 12 heavy (non-hydrogen) atoms. The van der Waals surface area contributed by atoms with Crippen LogP contribution in [0.3, 0.4) is 0 Å². The Hall–Kier alpha value is -1.43. The summed E-state index contributed by atoms with van der Waals surface area (Å²) in [7, 11) is 0. The van der Waals surface area contributed by atoms with E-state index in [0.717, 1.165) is 0 Å². The maximum Gasteiger partial charge on any atom is 0.281 e. The first-order chi connectivity index (χ1) is 5.58. The number of carboxylic acids is 1. The second kappa shape index (κ2) is 3.31. The first kappa shape index (κ1) is 8.66. The minimum Gasteiger partial charge on any atom is -0.544 e. The monoisotopic (exact) mass is 172 g/mol. The van der Waals surface area contributed by atoms with Gasteiger partial charge in [0.05, 0.1) is 5.97 Å². The Labute approximate surface area is 68.1 Å². The van der Waals surface area contributed by atoms with Crippen molar-refractivity contribution in [2.45, 2.75) is 0 Å².